The summed E-state index contributed by atoms with van der Waals surface area (Å²) in [6.07, 6.45) is 0. The summed E-state index contributed by atoms with van der Waals surface area (Å²) in [7, 11) is 0. The van der Waals surface area contributed by atoms with Gasteiger partial charge in [0.05, 0.1) is 4.88 Å². The number of benzene rings is 1. The zero-order valence-corrected chi connectivity index (χ0v) is 13.4. The Balaban J connectivity index is 1.66. The molecule has 118 valence electrons. The van der Waals surface area contributed by atoms with Gasteiger partial charge in [-0.25, -0.2) is 4.79 Å². The van der Waals surface area contributed by atoms with E-state index in [0.29, 0.717) is 18.3 Å². The molecule has 1 N–H and O–H groups in total. The molecule has 2 heterocycles. The number of amides is 2. The molecule has 0 radical (unpaired) electrons. The molecule has 0 aliphatic rings. The Kier molecular flexibility index (Phi) is 4.68. The normalized spacial score (nSPS) is 10.5. The summed E-state index contributed by atoms with van der Waals surface area (Å²) in [5, 5.41) is 8.76. The van der Waals surface area contributed by atoms with E-state index in [4.69, 9.17) is 4.52 Å². The average molecular weight is 328 g/mol. The molecule has 3 rings (SSSR count). The van der Waals surface area contributed by atoms with Crippen molar-refractivity contribution < 1.29 is 9.32 Å². The van der Waals surface area contributed by atoms with Crippen molar-refractivity contribution in [1.82, 2.24) is 15.0 Å². The number of nitrogens with one attached hydrogen (secondary N) is 1. The number of para-hydroxylation sites is 1. The fourth-order valence-corrected chi connectivity index (χ4v) is 2.69. The highest BCUT2D eigenvalue weighted by Crippen LogP contribution is 2.21. The predicted molar refractivity (Wildman–Crippen MR) is 89.2 cm³/mol. The lowest BCUT2D eigenvalue weighted by atomic mass is 10.3. The summed E-state index contributed by atoms with van der Waals surface area (Å²) in [6, 6.07) is 13.0. The molecular formula is C16H16N4O2S. The van der Waals surface area contributed by atoms with E-state index in [1.807, 2.05) is 54.8 Å². The minimum atomic E-state index is -0.199. The van der Waals surface area contributed by atoms with E-state index in [0.717, 1.165) is 10.6 Å². The fourth-order valence-electron chi connectivity index (χ4n) is 2.04. The van der Waals surface area contributed by atoms with Crippen LogP contribution in [0, 0.1) is 0 Å². The first-order valence-corrected chi connectivity index (χ1v) is 8.11. The predicted octanol–water partition coefficient (Wildman–Crippen LogP) is 3.85. The molecule has 0 unspecified atom stereocenters. The second-order valence-electron chi connectivity index (χ2n) is 4.80. The zero-order chi connectivity index (χ0) is 16.1. The number of hydrogen-bond acceptors (Lipinski definition) is 5. The molecule has 0 saturated heterocycles. The van der Waals surface area contributed by atoms with Crippen molar-refractivity contribution >= 4 is 23.1 Å². The van der Waals surface area contributed by atoms with Crippen LogP contribution in [0.15, 0.2) is 52.4 Å². The molecule has 0 saturated carbocycles. The van der Waals surface area contributed by atoms with Crippen molar-refractivity contribution in [1.29, 1.82) is 0 Å². The van der Waals surface area contributed by atoms with Gasteiger partial charge >= 0.3 is 6.03 Å². The highest BCUT2D eigenvalue weighted by molar-refractivity contribution is 7.13. The van der Waals surface area contributed by atoms with Crippen LogP contribution in [-0.2, 0) is 6.54 Å². The molecule has 2 amide bonds. The van der Waals surface area contributed by atoms with Crippen LogP contribution in [0.3, 0.4) is 0 Å². The van der Waals surface area contributed by atoms with Crippen molar-refractivity contribution in [3.63, 3.8) is 0 Å². The lowest BCUT2D eigenvalue weighted by Gasteiger charge is -2.19. The highest BCUT2D eigenvalue weighted by atomic mass is 32.1. The molecular weight excluding hydrogens is 312 g/mol. The molecule has 0 spiro atoms. The van der Waals surface area contributed by atoms with Gasteiger partial charge in [-0.2, -0.15) is 4.98 Å². The second kappa shape index (κ2) is 7.06. The number of rotatable bonds is 5. The van der Waals surface area contributed by atoms with Crippen LogP contribution in [0.2, 0.25) is 0 Å². The molecule has 6 nitrogen and oxygen atoms in total. The lowest BCUT2D eigenvalue weighted by molar-refractivity contribution is 0.203. The van der Waals surface area contributed by atoms with Gasteiger partial charge in [0.1, 0.15) is 6.54 Å². The average Bonchev–Trinajstić information content (AvgIpc) is 3.24. The number of anilines is 1. The van der Waals surface area contributed by atoms with Crippen LogP contribution in [0.1, 0.15) is 12.8 Å². The van der Waals surface area contributed by atoms with Gasteiger partial charge in [-0.05, 0) is 30.5 Å². The Morgan fingerprint density at radius 2 is 2.09 bits per heavy atom. The fraction of sp³-hybridized carbons (Fsp3) is 0.188. The van der Waals surface area contributed by atoms with Crippen LogP contribution in [0.4, 0.5) is 10.5 Å². The maximum atomic E-state index is 12.3. The first-order valence-electron chi connectivity index (χ1n) is 7.23. The SMILES string of the molecule is CCN(Cc1nc(-c2cccs2)no1)C(=O)Nc1ccccc1. The van der Waals surface area contributed by atoms with Crippen LogP contribution in [0.25, 0.3) is 10.7 Å². The first-order chi connectivity index (χ1) is 11.3. The van der Waals surface area contributed by atoms with Crippen molar-refractivity contribution in [2.45, 2.75) is 13.5 Å². The van der Waals surface area contributed by atoms with E-state index >= 15 is 0 Å². The number of urea groups is 1. The highest BCUT2D eigenvalue weighted by Gasteiger charge is 2.17. The van der Waals surface area contributed by atoms with Crippen molar-refractivity contribution in [2.24, 2.45) is 0 Å². The quantitative estimate of drug-likeness (QED) is 0.772. The molecule has 0 aliphatic carbocycles. The number of carbonyl (C=O) groups is 1. The number of carbonyl (C=O) groups excluding carboxylic acids is 1. The van der Waals surface area contributed by atoms with Gasteiger partial charge in [-0.3, -0.25) is 0 Å². The molecule has 7 heteroatoms. The van der Waals surface area contributed by atoms with Crippen molar-refractivity contribution in [3.8, 4) is 10.7 Å². The zero-order valence-electron chi connectivity index (χ0n) is 12.6. The Bertz CT molecular complexity index is 756. The van der Waals surface area contributed by atoms with Crippen molar-refractivity contribution in [2.75, 3.05) is 11.9 Å². The molecule has 23 heavy (non-hydrogen) atoms. The smallest absolute Gasteiger partial charge is 0.322 e. The van der Waals surface area contributed by atoms with E-state index in [-0.39, 0.29) is 12.6 Å². The standard InChI is InChI=1S/C16H16N4O2S/c1-2-20(16(21)17-12-7-4-3-5-8-12)11-14-18-15(19-22-14)13-9-6-10-23-13/h3-10H,2,11H2,1H3,(H,17,21). The van der Waals surface area contributed by atoms with Gasteiger partial charge in [0, 0.05) is 12.2 Å². The van der Waals surface area contributed by atoms with Crippen molar-refractivity contribution in [3.05, 3.63) is 53.7 Å². The molecule has 0 bridgehead atoms. The molecule has 0 atom stereocenters. The van der Waals surface area contributed by atoms with E-state index in [9.17, 15) is 4.79 Å². The van der Waals surface area contributed by atoms with E-state index in [1.54, 1.807) is 16.2 Å². The van der Waals surface area contributed by atoms with Gasteiger partial charge in [-0.1, -0.05) is 29.4 Å². The summed E-state index contributed by atoms with van der Waals surface area (Å²) < 4.78 is 5.25. The maximum Gasteiger partial charge on any atom is 0.322 e. The summed E-state index contributed by atoms with van der Waals surface area (Å²) in [4.78, 5) is 19.2. The van der Waals surface area contributed by atoms with Gasteiger partial charge in [0.2, 0.25) is 11.7 Å². The lowest BCUT2D eigenvalue weighted by Crippen LogP contribution is -2.34. The molecule has 0 aliphatic heterocycles. The minimum absolute atomic E-state index is 0.199. The number of thiophene rings is 1. The van der Waals surface area contributed by atoms with Crippen LogP contribution >= 0.6 is 11.3 Å². The Morgan fingerprint density at radius 3 is 2.78 bits per heavy atom. The van der Waals surface area contributed by atoms with Gasteiger partial charge in [-0.15, -0.1) is 11.3 Å². The monoisotopic (exact) mass is 328 g/mol. The number of hydrogen-bond donors (Lipinski definition) is 1. The molecule has 2 aromatic heterocycles. The third kappa shape index (κ3) is 3.75. The van der Waals surface area contributed by atoms with E-state index < -0.39 is 0 Å². The van der Waals surface area contributed by atoms with Gasteiger partial charge < -0.3 is 14.7 Å². The summed E-state index contributed by atoms with van der Waals surface area (Å²) in [6.45, 7) is 2.71. The van der Waals surface area contributed by atoms with Crippen LogP contribution < -0.4 is 5.32 Å². The maximum absolute atomic E-state index is 12.3. The summed E-state index contributed by atoms with van der Waals surface area (Å²) in [5.74, 6) is 0.966. The molecule has 1 aromatic carbocycles. The van der Waals surface area contributed by atoms with E-state index in [1.165, 1.54) is 0 Å². The van der Waals surface area contributed by atoms with Crippen LogP contribution in [-0.4, -0.2) is 27.6 Å². The Morgan fingerprint density at radius 1 is 1.26 bits per heavy atom. The van der Waals surface area contributed by atoms with Gasteiger partial charge in [0.15, 0.2) is 0 Å². The number of nitrogens with zero attached hydrogens (tertiary/aromatic N) is 3. The topological polar surface area (TPSA) is 71.3 Å². The third-order valence-electron chi connectivity index (χ3n) is 3.23. The summed E-state index contributed by atoms with van der Waals surface area (Å²) in [5.41, 5.74) is 0.751. The third-order valence-corrected chi connectivity index (χ3v) is 4.10. The Labute approximate surface area is 137 Å². The van der Waals surface area contributed by atoms with Crippen LogP contribution in [0.5, 0.6) is 0 Å². The first kappa shape index (κ1) is 15.2. The largest absolute Gasteiger partial charge is 0.337 e. The molecule has 3 aromatic rings. The van der Waals surface area contributed by atoms with Gasteiger partial charge in [0.25, 0.3) is 0 Å². The molecule has 0 fully saturated rings. The Hall–Kier alpha value is -2.67. The number of aromatic nitrogens is 2. The summed E-state index contributed by atoms with van der Waals surface area (Å²) >= 11 is 1.54. The second-order valence-corrected chi connectivity index (χ2v) is 5.75. The minimum Gasteiger partial charge on any atom is -0.337 e. The van der Waals surface area contributed by atoms with E-state index in [2.05, 4.69) is 15.5 Å².